The number of fused-ring (bicyclic) bond motifs is 3. The second-order valence-corrected chi connectivity index (χ2v) is 7.92. The fourth-order valence-corrected chi connectivity index (χ4v) is 5.18. The average molecular weight is 368 g/mol. The number of allylic oxidation sites excluding steroid dienone is 1. The maximum atomic E-state index is 10.7. The van der Waals surface area contributed by atoms with Crippen LogP contribution in [0.4, 0.5) is 0 Å². The molecule has 0 saturated carbocycles. The molecular weight excluding hydrogens is 342 g/mol. The number of aliphatic hydroxyl groups is 1. The highest BCUT2D eigenvalue weighted by Crippen LogP contribution is 2.44. The van der Waals surface area contributed by atoms with Gasteiger partial charge in [-0.2, -0.15) is 0 Å². The Morgan fingerprint density at radius 2 is 1.54 bits per heavy atom. The number of hydrogen-bond acceptors (Lipinski definition) is 2. The van der Waals surface area contributed by atoms with E-state index in [1.807, 2.05) is 0 Å². The van der Waals surface area contributed by atoms with Crippen LogP contribution in [-0.2, 0) is 18.3 Å². The van der Waals surface area contributed by atoms with Gasteiger partial charge in [-0.25, -0.2) is 0 Å². The highest BCUT2D eigenvalue weighted by atomic mass is 35.5. The molecule has 1 N–H and O–H groups in total. The van der Waals surface area contributed by atoms with E-state index >= 15 is 0 Å². The Balaban J connectivity index is 0.00000168. The number of nitrogens with zero attached hydrogens (tertiary/aromatic N) is 1. The van der Waals surface area contributed by atoms with Gasteiger partial charge in [0.15, 0.2) is 0 Å². The van der Waals surface area contributed by atoms with Crippen molar-refractivity contribution in [1.29, 1.82) is 0 Å². The fraction of sp³-hybridized carbons (Fsp3) is 0.391. The van der Waals surface area contributed by atoms with E-state index in [0.29, 0.717) is 0 Å². The van der Waals surface area contributed by atoms with Gasteiger partial charge in [-0.05, 0) is 54.6 Å². The molecule has 3 heteroatoms. The van der Waals surface area contributed by atoms with Gasteiger partial charge in [-0.3, -0.25) is 4.90 Å². The van der Waals surface area contributed by atoms with Gasteiger partial charge >= 0.3 is 0 Å². The summed E-state index contributed by atoms with van der Waals surface area (Å²) in [7, 11) is 0. The Kier molecular flexibility index (Phi) is 4.68. The SMILES string of the molecule is Cl.OC1Cc2ccccc2CC1N1CCC2(C=Cc3ccccc32)CC1. The molecule has 2 atom stereocenters. The van der Waals surface area contributed by atoms with Gasteiger partial charge in [-0.15, -0.1) is 12.4 Å². The molecule has 0 bridgehead atoms. The molecule has 3 aliphatic rings. The summed E-state index contributed by atoms with van der Waals surface area (Å²) >= 11 is 0. The maximum Gasteiger partial charge on any atom is 0.0738 e. The number of aliphatic hydroxyl groups excluding tert-OH is 1. The van der Waals surface area contributed by atoms with Crippen LogP contribution in [0.1, 0.15) is 35.1 Å². The average Bonchev–Trinajstić information content (AvgIpc) is 3.01. The van der Waals surface area contributed by atoms with Crippen LogP contribution in [0.2, 0.25) is 0 Å². The number of halogens is 1. The van der Waals surface area contributed by atoms with E-state index in [2.05, 4.69) is 65.6 Å². The second-order valence-electron chi connectivity index (χ2n) is 7.92. The van der Waals surface area contributed by atoms with Crippen molar-refractivity contribution in [2.45, 2.75) is 43.2 Å². The molecule has 1 spiro atoms. The molecule has 1 saturated heterocycles. The molecule has 2 aromatic carbocycles. The first-order valence-corrected chi connectivity index (χ1v) is 9.53. The van der Waals surface area contributed by atoms with Crippen LogP contribution in [0.15, 0.2) is 54.6 Å². The summed E-state index contributed by atoms with van der Waals surface area (Å²) in [4.78, 5) is 2.54. The van der Waals surface area contributed by atoms with Crippen molar-refractivity contribution in [3.05, 3.63) is 76.9 Å². The van der Waals surface area contributed by atoms with E-state index < -0.39 is 0 Å². The standard InChI is InChI=1S/C23H25NO.ClH/c25-22-16-19-7-2-1-6-18(19)15-21(22)24-13-11-23(12-14-24)10-9-17-5-3-4-8-20(17)23;/h1-10,21-22,25H,11-16H2;1H. The summed E-state index contributed by atoms with van der Waals surface area (Å²) in [6.45, 7) is 2.14. The largest absolute Gasteiger partial charge is 0.391 e. The van der Waals surface area contributed by atoms with Crippen LogP contribution in [0.3, 0.4) is 0 Å². The van der Waals surface area contributed by atoms with Gasteiger partial charge in [0.05, 0.1) is 6.10 Å². The molecule has 26 heavy (non-hydrogen) atoms. The first-order chi connectivity index (χ1) is 12.3. The zero-order chi connectivity index (χ0) is 16.9. The Labute approximate surface area is 162 Å². The third kappa shape index (κ3) is 2.81. The van der Waals surface area contributed by atoms with Gasteiger partial charge in [0.1, 0.15) is 0 Å². The lowest BCUT2D eigenvalue weighted by molar-refractivity contribution is 0.0237. The minimum absolute atomic E-state index is 0. The van der Waals surface area contributed by atoms with Gasteiger partial charge in [0.25, 0.3) is 0 Å². The topological polar surface area (TPSA) is 23.5 Å². The molecule has 1 fully saturated rings. The van der Waals surface area contributed by atoms with E-state index in [4.69, 9.17) is 0 Å². The lowest BCUT2D eigenvalue weighted by atomic mass is 9.73. The highest BCUT2D eigenvalue weighted by molar-refractivity contribution is 5.85. The van der Waals surface area contributed by atoms with Crippen molar-refractivity contribution >= 4 is 18.5 Å². The summed E-state index contributed by atoms with van der Waals surface area (Å²) in [5.74, 6) is 0. The van der Waals surface area contributed by atoms with Crippen molar-refractivity contribution in [2.24, 2.45) is 0 Å². The van der Waals surface area contributed by atoms with Gasteiger partial charge in [-0.1, -0.05) is 60.7 Å². The van der Waals surface area contributed by atoms with Crippen LogP contribution >= 0.6 is 12.4 Å². The van der Waals surface area contributed by atoms with E-state index in [1.165, 1.54) is 22.3 Å². The molecule has 5 rings (SSSR count). The normalized spacial score (nSPS) is 26.2. The number of piperidine rings is 1. The van der Waals surface area contributed by atoms with Crippen molar-refractivity contribution in [3.63, 3.8) is 0 Å². The Hall–Kier alpha value is -1.61. The molecule has 1 aliphatic heterocycles. The Bertz CT molecular complexity index is 822. The van der Waals surface area contributed by atoms with Crippen molar-refractivity contribution in [3.8, 4) is 0 Å². The molecule has 2 aliphatic carbocycles. The van der Waals surface area contributed by atoms with Crippen LogP contribution in [-0.4, -0.2) is 35.2 Å². The molecule has 0 radical (unpaired) electrons. The number of rotatable bonds is 1. The van der Waals surface area contributed by atoms with Gasteiger partial charge in [0, 0.05) is 17.9 Å². The molecule has 2 nitrogen and oxygen atoms in total. The van der Waals surface area contributed by atoms with Crippen LogP contribution < -0.4 is 0 Å². The van der Waals surface area contributed by atoms with Crippen molar-refractivity contribution in [2.75, 3.05) is 13.1 Å². The first kappa shape index (κ1) is 17.8. The van der Waals surface area contributed by atoms with E-state index in [1.54, 1.807) is 0 Å². The maximum absolute atomic E-state index is 10.7. The second kappa shape index (κ2) is 6.84. The molecule has 0 amide bonds. The zero-order valence-corrected chi connectivity index (χ0v) is 15.8. The zero-order valence-electron chi connectivity index (χ0n) is 15.0. The molecular formula is C23H26ClNO. The van der Waals surface area contributed by atoms with E-state index in [0.717, 1.165) is 38.8 Å². The fourth-order valence-electron chi connectivity index (χ4n) is 5.18. The predicted octanol–water partition coefficient (Wildman–Crippen LogP) is 4.00. The van der Waals surface area contributed by atoms with Crippen molar-refractivity contribution < 1.29 is 5.11 Å². The number of hydrogen-bond donors (Lipinski definition) is 1. The summed E-state index contributed by atoms with van der Waals surface area (Å²) < 4.78 is 0. The summed E-state index contributed by atoms with van der Waals surface area (Å²) in [6.07, 6.45) is 8.59. The van der Waals surface area contributed by atoms with Crippen LogP contribution in [0.5, 0.6) is 0 Å². The van der Waals surface area contributed by atoms with Crippen LogP contribution in [0, 0.1) is 0 Å². The molecule has 2 aromatic rings. The Morgan fingerprint density at radius 1 is 0.885 bits per heavy atom. The molecule has 136 valence electrons. The first-order valence-electron chi connectivity index (χ1n) is 9.53. The minimum atomic E-state index is -0.240. The summed E-state index contributed by atoms with van der Waals surface area (Å²) in [6, 6.07) is 17.7. The number of benzene rings is 2. The molecule has 0 aromatic heterocycles. The lowest BCUT2D eigenvalue weighted by Crippen LogP contribution is -2.53. The number of likely N-dealkylation sites (tertiary alicyclic amines) is 1. The third-order valence-electron chi connectivity index (χ3n) is 6.66. The predicted molar refractivity (Wildman–Crippen MR) is 109 cm³/mol. The smallest absolute Gasteiger partial charge is 0.0738 e. The summed E-state index contributed by atoms with van der Waals surface area (Å²) in [5, 5.41) is 10.7. The van der Waals surface area contributed by atoms with Gasteiger partial charge < -0.3 is 5.11 Å². The van der Waals surface area contributed by atoms with E-state index in [9.17, 15) is 5.11 Å². The monoisotopic (exact) mass is 367 g/mol. The van der Waals surface area contributed by atoms with Gasteiger partial charge in [0.2, 0.25) is 0 Å². The highest BCUT2D eigenvalue weighted by Gasteiger charge is 2.41. The summed E-state index contributed by atoms with van der Waals surface area (Å²) in [5.41, 5.74) is 5.87. The quantitative estimate of drug-likeness (QED) is 0.823. The van der Waals surface area contributed by atoms with Crippen LogP contribution in [0.25, 0.3) is 6.08 Å². The van der Waals surface area contributed by atoms with Crippen molar-refractivity contribution in [1.82, 2.24) is 4.90 Å². The third-order valence-corrected chi connectivity index (χ3v) is 6.66. The van der Waals surface area contributed by atoms with E-state index in [-0.39, 0.29) is 30.0 Å². The Morgan fingerprint density at radius 3 is 2.31 bits per heavy atom. The minimum Gasteiger partial charge on any atom is -0.391 e. The lowest BCUT2D eigenvalue weighted by Gasteiger charge is -2.45. The molecule has 1 heterocycles. The molecule has 2 unspecified atom stereocenters.